The molecule has 2 aromatic rings. The van der Waals surface area contributed by atoms with E-state index in [1.54, 1.807) is 32.4 Å². The SMILES string of the molecule is COc1ccc(OC)c(C(O)CNC(C)c2cccc(NC(C)=O)c2)c1. The van der Waals surface area contributed by atoms with Crippen molar-refractivity contribution in [1.29, 1.82) is 0 Å². The van der Waals surface area contributed by atoms with Gasteiger partial charge >= 0.3 is 0 Å². The molecule has 0 saturated heterocycles. The Morgan fingerprint density at radius 1 is 1.15 bits per heavy atom. The molecule has 3 N–H and O–H groups in total. The molecule has 0 bridgehead atoms. The number of ether oxygens (including phenoxy) is 2. The molecule has 6 heteroatoms. The van der Waals surface area contributed by atoms with E-state index >= 15 is 0 Å². The van der Waals surface area contributed by atoms with Crippen molar-refractivity contribution in [2.24, 2.45) is 0 Å². The molecule has 0 aromatic heterocycles. The highest BCUT2D eigenvalue weighted by atomic mass is 16.5. The van der Waals surface area contributed by atoms with E-state index in [1.165, 1.54) is 6.92 Å². The van der Waals surface area contributed by atoms with E-state index in [1.807, 2.05) is 31.2 Å². The summed E-state index contributed by atoms with van der Waals surface area (Å²) in [6.07, 6.45) is -0.749. The number of benzene rings is 2. The Labute approximate surface area is 154 Å². The first kappa shape index (κ1) is 19.8. The molecular weight excluding hydrogens is 332 g/mol. The van der Waals surface area contributed by atoms with Crippen molar-refractivity contribution in [1.82, 2.24) is 5.32 Å². The molecule has 0 aliphatic rings. The van der Waals surface area contributed by atoms with Crippen LogP contribution < -0.4 is 20.1 Å². The lowest BCUT2D eigenvalue weighted by molar-refractivity contribution is -0.114. The number of rotatable bonds is 8. The Morgan fingerprint density at radius 2 is 1.92 bits per heavy atom. The highest BCUT2D eigenvalue weighted by Crippen LogP contribution is 2.29. The van der Waals surface area contributed by atoms with Gasteiger partial charge in [0.15, 0.2) is 0 Å². The van der Waals surface area contributed by atoms with Crippen LogP contribution in [0, 0.1) is 0 Å². The predicted molar refractivity (Wildman–Crippen MR) is 102 cm³/mol. The fourth-order valence-electron chi connectivity index (χ4n) is 2.71. The number of carbonyl (C=O) groups excluding carboxylic acids is 1. The first-order valence-corrected chi connectivity index (χ1v) is 8.45. The summed E-state index contributed by atoms with van der Waals surface area (Å²) in [6, 6.07) is 13.0. The lowest BCUT2D eigenvalue weighted by Crippen LogP contribution is -2.25. The van der Waals surface area contributed by atoms with Crippen LogP contribution in [0.3, 0.4) is 0 Å². The van der Waals surface area contributed by atoms with Crippen LogP contribution in [0.5, 0.6) is 11.5 Å². The van der Waals surface area contributed by atoms with E-state index in [9.17, 15) is 9.90 Å². The molecule has 2 atom stereocenters. The third kappa shape index (κ3) is 5.21. The quantitative estimate of drug-likeness (QED) is 0.676. The Kier molecular flexibility index (Phi) is 7.00. The van der Waals surface area contributed by atoms with Gasteiger partial charge in [-0.25, -0.2) is 0 Å². The van der Waals surface area contributed by atoms with Crippen molar-refractivity contribution in [2.75, 3.05) is 26.1 Å². The molecular formula is C20H26N2O4. The van der Waals surface area contributed by atoms with Gasteiger partial charge in [-0.15, -0.1) is 0 Å². The minimum Gasteiger partial charge on any atom is -0.497 e. The number of hydrogen-bond donors (Lipinski definition) is 3. The Hall–Kier alpha value is -2.57. The molecule has 0 spiro atoms. The van der Waals surface area contributed by atoms with Crippen molar-refractivity contribution in [3.63, 3.8) is 0 Å². The van der Waals surface area contributed by atoms with Crippen molar-refractivity contribution >= 4 is 11.6 Å². The number of methoxy groups -OCH3 is 2. The van der Waals surface area contributed by atoms with Gasteiger partial charge in [0, 0.05) is 30.8 Å². The van der Waals surface area contributed by atoms with E-state index in [2.05, 4.69) is 10.6 Å². The lowest BCUT2D eigenvalue weighted by Gasteiger charge is -2.20. The molecule has 0 aliphatic carbocycles. The van der Waals surface area contributed by atoms with Gasteiger partial charge in [0.2, 0.25) is 5.91 Å². The predicted octanol–water partition coefficient (Wildman–Crippen LogP) is 3.05. The second kappa shape index (κ2) is 9.22. The molecule has 2 rings (SSSR count). The van der Waals surface area contributed by atoms with Gasteiger partial charge in [0.1, 0.15) is 11.5 Å². The van der Waals surface area contributed by atoms with E-state index < -0.39 is 6.10 Å². The van der Waals surface area contributed by atoms with Gasteiger partial charge < -0.3 is 25.2 Å². The molecule has 26 heavy (non-hydrogen) atoms. The summed E-state index contributed by atoms with van der Waals surface area (Å²) >= 11 is 0. The molecule has 0 saturated carbocycles. The summed E-state index contributed by atoms with van der Waals surface area (Å²) in [5.41, 5.74) is 2.43. The van der Waals surface area contributed by atoms with Crippen LogP contribution in [0.15, 0.2) is 42.5 Å². The van der Waals surface area contributed by atoms with Crippen LogP contribution in [-0.4, -0.2) is 31.8 Å². The first-order valence-electron chi connectivity index (χ1n) is 8.45. The maximum atomic E-state index is 11.2. The lowest BCUT2D eigenvalue weighted by atomic mass is 10.0. The minimum atomic E-state index is -0.749. The van der Waals surface area contributed by atoms with Crippen LogP contribution in [0.2, 0.25) is 0 Å². The molecule has 0 fully saturated rings. The molecule has 0 radical (unpaired) electrons. The number of anilines is 1. The van der Waals surface area contributed by atoms with Crippen LogP contribution in [0.4, 0.5) is 5.69 Å². The van der Waals surface area contributed by atoms with Gasteiger partial charge in [0.25, 0.3) is 0 Å². The third-order valence-electron chi connectivity index (χ3n) is 4.12. The average Bonchev–Trinajstić information content (AvgIpc) is 2.64. The number of aliphatic hydroxyl groups excluding tert-OH is 1. The Bertz CT molecular complexity index is 748. The zero-order chi connectivity index (χ0) is 19.1. The van der Waals surface area contributed by atoms with Crippen molar-refractivity contribution in [3.8, 4) is 11.5 Å². The Balaban J connectivity index is 2.05. The number of aliphatic hydroxyl groups is 1. The monoisotopic (exact) mass is 358 g/mol. The first-order chi connectivity index (χ1) is 12.4. The standard InChI is InChI=1S/C20H26N2O4/c1-13(15-6-5-7-16(10-15)22-14(2)23)21-12-19(24)18-11-17(25-3)8-9-20(18)26-4/h5-11,13,19,21,24H,12H2,1-4H3,(H,22,23). The summed E-state index contributed by atoms with van der Waals surface area (Å²) in [5, 5.41) is 16.6. The van der Waals surface area contributed by atoms with Crippen LogP contribution in [-0.2, 0) is 4.79 Å². The Morgan fingerprint density at radius 3 is 2.58 bits per heavy atom. The van der Waals surface area contributed by atoms with Crippen molar-refractivity contribution < 1.29 is 19.4 Å². The number of nitrogens with one attached hydrogen (secondary N) is 2. The highest BCUT2D eigenvalue weighted by Gasteiger charge is 2.16. The minimum absolute atomic E-state index is 0.00467. The molecule has 2 aromatic carbocycles. The number of carbonyl (C=O) groups is 1. The van der Waals surface area contributed by atoms with Crippen molar-refractivity contribution in [2.45, 2.75) is 26.0 Å². The van der Waals surface area contributed by atoms with Gasteiger partial charge in [-0.05, 0) is 42.8 Å². The number of amides is 1. The molecule has 0 aliphatic heterocycles. The smallest absolute Gasteiger partial charge is 0.221 e. The zero-order valence-corrected chi connectivity index (χ0v) is 15.6. The summed E-state index contributed by atoms with van der Waals surface area (Å²) in [4.78, 5) is 11.2. The van der Waals surface area contributed by atoms with E-state index in [4.69, 9.17) is 9.47 Å². The second-order valence-corrected chi connectivity index (χ2v) is 6.06. The average molecular weight is 358 g/mol. The molecule has 0 heterocycles. The van der Waals surface area contributed by atoms with E-state index in [0.29, 0.717) is 23.6 Å². The van der Waals surface area contributed by atoms with Crippen molar-refractivity contribution in [3.05, 3.63) is 53.6 Å². The van der Waals surface area contributed by atoms with E-state index in [0.717, 1.165) is 11.3 Å². The summed E-state index contributed by atoms with van der Waals surface area (Å²) in [5.74, 6) is 1.17. The number of hydrogen-bond acceptors (Lipinski definition) is 5. The topological polar surface area (TPSA) is 79.8 Å². The van der Waals surface area contributed by atoms with E-state index in [-0.39, 0.29) is 11.9 Å². The maximum Gasteiger partial charge on any atom is 0.221 e. The zero-order valence-electron chi connectivity index (χ0n) is 15.6. The maximum absolute atomic E-state index is 11.2. The molecule has 6 nitrogen and oxygen atoms in total. The third-order valence-corrected chi connectivity index (χ3v) is 4.12. The van der Waals surface area contributed by atoms with Gasteiger partial charge in [-0.2, -0.15) is 0 Å². The molecule has 140 valence electrons. The van der Waals surface area contributed by atoms with Gasteiger partial charge in [0.05, 0.1) is 20.3 Å². The largest absolute Gasteiger partial charge is 0.497 e. The summed E-state index contributed by atoms with van der Waals surface area (Å²) < 4.78 is 10.5. The van der Waals surface area contributed by atoms with Gasteiger partial charge in [-0.1, -0.05) is 12.1 Å². The highest BCUT2D eigenvalue weighted by molar-refractivity contribution is 5.88. The van der Waals surface area contributed by atoms with Gasteiger partial charge in [-0.3, -0.25) is 4.79 Å². The normalized spacial score (nSPS) is 13.0. The fraction of sp³-hybridized carbons (Fsp3) is 0.350. The van der Waals surface area contributed by atoms with Crippen LogP contribution in [0.1, 0.15) is 37.1 Å². The second-order valence-electron chi connectivity index (χ2n) is 6.06. The van der Waals surface area contributed by atoms with Crippen LogP contribution >= 0.6 is 0 Å². The summed E-state index contributed by atoms with van der Waals surface area (Å²) in [7, 11) is 3.15. The van der Waals surface area contributed by atoms with Crippen LogP contribution in [0.25, 0.3) is 0 Å². The fourth-order valence-corrected chi connectivity index (χ4v) is 2.71. The summed E-state index contributed by atoms with van der Waals surface area (Å²) in [6.45, 7) is 3.82. The molecule has 1 amide bonds. The molecule has 2 unspecified atom stereocenters.